The monoisotopic (exact) mass is 287 g/mol. The summed E-state index contributed by atoms with van der Waals surface area (Å²) in [6.45, 7) is 4.48. The molecule has 18 heavy (non-hydrogen) atoms. The average Bonchev–Trinajstić information content (AvgIpc) is 2.36. The zero-order chi connectivity index (χ0) is 13.4. The first-order valence-corrected chi connectivity index (χ1v) is 8.90. The number of sulfonamides is 1. The number of benzene rings is 1. The Morgan fingerprint density at radius 2 is 1.83 bits per heavy atom. The van der Waals surface area contributed by atoms with Crippen molar-refractivity contribution in [1.29, 1.82) is 0 Å². The number of hydrogen-bond acceptors (Lipinski definition) is 3. The van der Waals surface area contributed by atoms with Gasteiger partial charge in [-0.2, -0.15) is 0 Å². The molecule has 0 radical (unpaired) electrons. The highest BCUT2D eigenvalue weighted by molar-refractivity contribution is 7.99. The van der Waals surface area contributed by atoms with Crippen molar-refractivity contribution in [2.24, 2.45) is 0 Å². The zero-order valence-electron chi connectivity index (χ0n) is 11.0. The van der Waals surface area contributed by atoms with Crippen LogP contribution in [0.4, 0.5) is 0 Å². The normalized spacial score (nSPS) is 11.7. The van der Waals surface area contributed by atoms with Crippen molar-refractivity contribution in [3.63, 3.8) is 0 Å². The van der Waals surface area contributed by atoms with Crippen molar-refractivity contribution in [2.45, 2.75) is 38.1 Å². The second-order valence-corrected chi connectivity index (χ2v) is 7.33. The summed E-state index contributed by atoms with van der Waals surface area (Å²) < 4.78 is 25.9. The van der Waals surface area contributed by atoms with Gasteiger partial charge in [-0.1, -0.05) is 32.4 Å². The van der Waals surface area contributed by atoms with Crippen LogP contribution >= 0.6 is 11.8 Å². The van der Waals surface area contributed by atoms with Gasteiger partial charge in [-0.15, -0.1) is 11.8 Å². The fraction of sp³-hybridized carbons (Fsp3) is 0.538. The minimum atomic E-state index is -3.12. The highest BCUT2D eigenvalue weighted by Gasteiger charge is 2.08. The smallest absolute Gasteiger partial charge is 0.211 e. The van der Waals surface area contributed by atoms with E-state index in [1.54, 1.807) is 11.8 Å². The molecule has 0 aliphatic rings. The maximum absolute atomic E-state index is 11.6. The maximum atomic E-state index is 11.6. The van der Waals surface area contributed by atoms with Crippen LogP contribution in [0, 0.1) is 0 Å². The molecule has 1 aromatic carbocycles. The van der Waals surface area contributed by atoms with Crippen LogP contribution in [0.25, 0.3) is 0 Å². The van der Waals surface area contributed by atoms with Crippen LogP contribution in [0.5, 0.6) is 0 Å². The van der Waals surface area contributed by atoms with Crippen molar-refractivity contribution in [1.82, 2.24) is 4.72 Å². The molecule has 102 valence electrons. The lowest BCUT2D eigenvalue weighted by Crippen LogP contribution is -2.25. The first-order valence-electron chi connectivity index (χ1n) is 6.26. The average molecular weight is 287 g/mol. The molecule has 1 N–H and O–H groups in total. The molecule has 0 amide bonds. The van der Waals surface area contributed by atoms with E-state index in [0.29, 0.717) is 13.0 Å². The maximum Gasteiger partial charge on any atom is 0.211 e. The van der Waals surface area contributed by atoms with Gasteiger partial charge in [0, 0.05) is 11.4 Å². The quantitative estimate of drug-likeness (QED) is 0.748. The van der Waals surface area contributed by atoms with Gasteiger partial charge in [-0.05, 0) is 29.9 Å². The first kappa shape index (κ1) is 15.5. The fourth-order valence-corrected chi connectivity index (χ4v) is 3.33. The highest BCUT2D eigenvalue weighted by atomic mass is 32.2. The predicted molar refractivity (Wildman–Crippen MR) is 78.4 cm³/mol. The van der Waals surface area contributed by atoms with Gasteiger partial charge >= 0.3 is 0 Å². The zero-order valence-corrected chi connectivity index (χ0v) is 12.6. The topological polar surface area (TPSA) is 46.2 Å². The van der Waals surface area contributed by atoms with Gasteiger partial charge < -0.3 is 0 Å². The van der Waals surface area contributed by atoms with E-state index in [1.165, 1.54) is 4.90 Å². The minimum absolute atomic E-state index is 0.216. The van der Waals surface area contributed by atoms with E-state index in [-0.39, 0.29) is 5.75 Å². The summed E-state index contributed by atoms with van der Waals surface area (Å²) in [5.41, 5.74) is 0.996. The number of rotatable bonds is 8. The third kappa shape index (κ3) is 5.89. The van der Waals surface area contributed by atoms with Crippen molar-refractivity contribution >= 4 is 21.8 Å². The molecule has 1 rings (SSSR count). The number of nitrogens with one attached hydrogen (secondary N) is 1. The standard InChI is InChI=1S/C13H21NO2S2/c1-3-5-10-18(15,16)14-11-12-6-8-13(9-7-12)17-4-2/h6-9,14H,3-5,10-11H2,1-2H3. The Morgan fingerprint density at radius 1 is 1.17 bits per heavy atom. The van der Waals surface area contributed by atoms with Gasteiger partial charge in [0.05, 0.1) is 5.75 Å². The van der Waals surface area contributed by atoms with Gasteiger partial charge in [0.1, 0.15) is 0 Å². The fourth-order valence-electron chi connectivity index (χ4n) is 1.47. The van der Waals surface area contributed by atoms with Crippen LogP contribution in [0.15, 0.2) is 29.2 Å². The lowest BCUT2D eigenvalue weighted by Gasteiger charge is -2.06. The van der Waals surface area contributed by atoms with E-state index in [2.05, 4.69) is 11.6 Å². The molecule has 3 nitrogen and oxygen atoms in total. The Bertz CT molecular complexity index is 441. The Balaban J connectivity index is 2.48. The van der Waals surface area contributed by atoms with Crippen molar-refractivity contribution < 1.29 is 8.42 Å². The summed E-state index contributed by atoms with van der Waals surface area (Å²) >= 11 is 1.78. The summed E-state index contributed by atoms with van der Waals surface area (Å²) in [7, 11) is -3.12. The van der Waals surface area contributed by atoms with Crippen LogP contribution in [0.2, 0.25) is 0 Å². The molecule has 0 atom stereocenters. The molecule has 0 heterocycles. The lowest BCUT2D eigenvalue weighted by molar-refractivity contribution is 0.578. The van der Waals surface area contributed by atoms with E-state index >= 15 is 0 Å². The summed E-state index contributed by atoms with van der Waals surface area (Å²) in [5.74, 6) is 1.26. The Hall–Kier alpha value is -0.520. The number of thioether (sulfide) groups is 1. The molecule has 0 bridgehead atoms. The molecule has 0 unspecified atom stereocenters. The molecule has 0 aromatic heterocycles. The number of unbranched alkanes of at least 4 members (excludes halogenated alkanes) is 1. The lowest BCUT2D eigenvalue weighted by atomic mass is 10.2. The molecular weight excluding hydrogens is 266 g/mol. The Labute approximate surface area is 114 Å². The highest BCUT2D eigenvalue weighted by Crippen LogP contribution is 2.17. The van der Waals surface area contributed by atoms with E-state index in [0.717, 1.165) is 17.7 Å². The SMILES string of the molecule is CCCCS(=O)(=O)NCc1ccc(SCC)cc1. The van der Waals surface area contributed by atoms with Crippen molar-refractivity contribution in [3.05, 3.63) is 29.8 Å². The molecule has 5 heteroatoms. The molecule has 1 aromatic rings. The molecular formula is C13H21NO2S2. The summed E-state index contributed by atoms with van der Waals surface area (Å²) in [6, 6.07) is 8.01. The van der Waals surface area contributed by atoms with Gasteiger partial charge in [-0.25, -0.2) is 13.1 Å². The van der Waals surface area contributed by atoms with E-state index in [1.807, 2.05) is 31.2 Å². The summed E-state index contributed by atoms with van der Waals surface area (Å²) in [6.07, 6.45) is 1.60. The summed E-state index contributed by atoms with van der Waals surface area (Å²) in [4.78, 5) is 1.22. The number of hydrogen-bond donors (Lipinski definition) is 1. The molecule has 0 saturated heterocycles. The Morgan fingerprint density at radius 3 is 2.39 bits per heavy atom. The largest absolute Gasteiger partial charge is 0.212 e. The first-order chi connectivity index (χ1) is 8.57. The molecule has 0 spiro atoms. The van der Waals surface area contributed by atoms with Crippen molar-refractivity contribution in [2.75, 3.05) is 11.5 Å². The van der Waals surface area contributed by atoms with Gasteiger partial charge in [-0.3, -0.25) is 0 Å². The molecule has 0 aliphatic heterocycles. The van der Waals surface area contributed by atoms with Gasteiger partial charge in [0.15, 0.2) is 0 Å². The second-order valence-electron chi connectivity index (χ2n) is 4.07. The van der Waals surface area contributed by atoms with Crippen LogP contribution in [0.1, 0.15) is 32.3 Å². The van der Waals surface area contributed by atoms with Crippen LogP contribution in [-0.4, -0.2) is 19.9 Å². The van der Waals surface area contributed by atoms with Gasteiger partial charge in [0.25, 0.3) is 0 Å². The predicted octanol–water partition coefficient (Wildman–Crippen LogP) is 3.02. The third-order valence-corrected chi connectivity index (χ3v) is 4.80. The molecule has 0 fully saturated rings. The van der Waals surface area contributed by atoms with Crippen LogP contribution in [0.3, 0.4) is 0 Å². The van der Waals surface area contributed by atoms with Crippen LogP contribution < -0.4 is 4.72 Å². The summed E-state index contributed by atoms with van der Waals surface area (Å²) in [5, 5.41) is 0. The second kappa shape index (κ2) is 7.81. The van der Waals surface area contributed by atoms with Crippen LogP contribution in [-0.2, 0) is 16.6 Å². The molecule has 0 aliphatic carbocycles. The van der Waals surface area contributed by atoms with E-state index < -0.39 is 10.0 Å². The van der Waals surface area contributed by atoms with E-state index in [4.69, 9.17) is 0 Å². The van der Waals surface area contributed by atoms with Gasteiger partial charge in [0.2, 0.25) is 10.0 Å². The molecule has 0 saturated carbocycles. The Kier molecular flexibility index (Phi) is 6.75. The third-order valence-electron chi connectivity index (χ3n) is 2.50. The van der Waals surface area contributed by atoms with Crippen molar-refractivity contribution in [3.8, 4) is 0 Å². The minimum Gasteiger partial charge on any atom is -0.212 e. The van der Waals surface area contributed by atoms with E-state index in [9.17, 15) is 8.42 Å².